The van der Waals surface area contributed by atoms with Crippen molar-refractivity contribution in [2.75, 3.05) is 5.32 Å². The summed E-state index contributed by atoms with van der Waals surface area (Å²) in [4.78, 5) is 21.2. The van der Waals surface area contributed by atoms with E-state index in [1.54, 1.807) is 0 Å². The lowest BCUT2D eigenvalue weighted by atomic mass is 10.1. The van der Waals surface area contributed by atoms with Crippen LogP contribution in [0.25, 0.3) is 0 Å². The van der Waals surface area contributed by atoms with Gasteiger partial charge in [-0.1, -0.05) is 0 Å². The van der Waals surface area contributed by atoms with Crippen molar-refractivity contribution in [3.63, 3.8) is 0 Å². The summed E-state index contributed by atoms with van der Waals surface area (Å²) in [6, 6.07) is 7.33. The van der Waals surface area contributed by atoms with E-state index < -0.39 is 16.6 Å². The molecule has 1 unspecified atom stereocenters. The number of aryl methyl sites for hydroxylation is 1. The number of carbonyl (C=O) groups is 1. The van der Waals surface area contributed by atoms with Gasteiger partial charge in [-0.3, -0.25) is 10.1 Å². The van der Waals surface area contributed by atoms with E-state index in [0.717, 1.165) is 5.76 Å². The maximum atomic E-state index is 11.1. The SMILES string of the molecule is Cc1ccc(C(C)Nc2ccc([N+](=O)[O-])c(C(=O)O)c2)o1. The number of carboxylic acids is 1. The van der Waals surface area contributed by atoms with E-state index in [4.69, 9.17) is 9.52 Å². The molecular weight excluding hydrogens is 276 g/mol. The van der Waals surface area contributed by atoms with Crippen molar-refractivity contribution in [2.45, 2.75) is 19.9 Å². The Bertz CT molecular complexity index is 692. The monoisotopic (exact) mass is 290 g/mol. The van der Waals surface area contributed by atoms with Gasteiger partial charge in [0.25, 0.3) is 5.69 Å². The van der Waals surface area contributed by atoms with Crippen molar-refractivity contribution >= 4 is 17.3 Å². The first-order chi connectivity index (χ1) is 9.88. The lowest BCUT2D eigenvalue weighted by Crippen LogP contribution is -2.08. The maximum absolute atomic E-state index is 11.1. The van der Waals surface area contributed by atoms with Crippen molar-refractivity contribution in [3.05, 3.63) is 57.5 Å². The molecule has 2 N–H and O–H groups in total. The number of nitro groups is 1. The molecule has 0 saturated heterocycles. The first-order valence-electron chi connectivity index (χ1n) is 6.23. The van der Waals surface area contributed by atoms with Gasteiger partial charge < -0.3 is 14.8 Å². The standard InChI is InChI=1S/C14H14N2O5/c1-8-3-6-13(21-8)9(2)15-10-4-5-12(16(19)20)11(7-10)14(17)18/h3-7,9,15H,1-2H3,(H,17,18). The van der Waals surface area contributed by atoms with E-state index in [0.29, 0.717) is 11.4 Å². The molecule has 1 heterocycles. The summed E-state index contributed by atoms with van der Waals surface area (Å²) < 4.78 is 5.47. The lowest BCUT2D eigenvalue weighted by Gasteiger charge is -2.13. The Hall–Kier alpha value is -2.83. The zero-order valence-electron chi connectivity index (χ0n) is 11.5. The number of rotatable bonds is 5. The van der Waals surface area contributed by atoms with Gasteiger partial charge in [0.1, 0.15) is 17.1 Å². The molecular formula is C14H14N2O5. The Morgan fingerprint density at radius 2 is 2.10 bits per heavy atom. The van der Waals surface area contributed by atoms with Crippen LogP contribution in [0.5, 0.6) is 0 Å². The quantitative estimate of drug-likeness (QED) is 0.646. The third-order valence-electron chi connectivity index (χ3n) is 2.99. The molecule has 0 aliphatic carbocycles. The van der Waals surface area contributed by atoms with E-state index in [1.165, 1.54) is 18.2 Å². The minimum absolute atomic E-state index is 0.193. The van der Waals surface area contributed by atoms with Crippen LogP contribution in [0, 0.1) is 17.0 Å². The fourth-order valence-corrected chi connectivity index (χ4v) is 1.96. The fourth-order valence-electron chi connectivity index (χ4n) is 1.96. The molecule has 1 aromatic carbocycles. The Balaban J connectivity index is 2.27. The Kier molecular flexibility index (Phi) is 3.93. The van der Waals surface area contributed by atoms with E-state index in [1.807, 2.05) is 26.0 Å². The van der Waals surface area contributed by atoms with Crippen molar-refractivity contribution in [1.29, 1.82) is 0 Å². The smallest absolute Gasteiger partial charge is 0.342 e. The van der Waals surface area contributed by atoms with E-state index in [2.05, 4.69) is 5.32 Å². The van der Waals surface area contributed by atoms with Gasteiger partial charge in [0.05, 0.1) is 11.0 Å². The summed E-state index contributed by atoms with van der Waals surface area (Å²) in [6.07, 6.45) is 0. The molecule has 0 aliphatic heterocycles. The molecule has 2 aromatic rings. The highest BCUT2D eigenvalue weighted by Gasteiger charge is 2.20. The summed E-state index contributed by atoms with van der Waals surface area (Å²) in [5.41, 5.74) is -0.318. The summed E-state index contributed by atoms with van der Waals surface area (Å²) in [5, 5.41) is 22.9. The van der Waals surface area contributed by atoms with Crippen LogP contribution < -0.4 is 5.32 Å². The zero-order valence-corrected chi connectivity index (χ0v) is 11.5. The second kappa shape index (κ2) is 5.66. The Morgan fingerprint density at radius 3 is 2.62 bits per heavy atom. The average molecular weight is 290 g/mol. The number of nitro benzene ring substituents is 1. The number of anilines is 1. The number of nitrogens with zero attached hydrogens (tertiary/aromatic N) is 1. The molecule has 1 atom stereocenters. The van der Waals surface area contributed by atoms with Gasteiger partial charge in [0, 0.05) is 11.8 Å². The van der Waals surface area contributed by atoms with Gasteiger partial charge in [-0.2, -0.15) is 0 Å². The van der Waals surface area contributed by atoms with Crippen molar-refractivity contribution < 1.29 is 19.2 Å². The predicted molar refractivity (Wildman–Crippen MR) is 75.5 cm³/mol. The number of benzene rings is 1. The molecule has 0 aliphatic rings. The van der Waals surface area contributed by atoms with Gasteiger partial charge in [-0.25, -0.2) is 4.79 Å². The molecule has 0 saturated carbocycles. The molecule has 1 aromatic heterocycles. The van der Waals surface area contributed by atoms with E-state index in [9.17, 15) is 14.9 Å². The van der Waals surface area contributed by atoms with Crippen LogP contribution in [0.2, 0.25) is 0 Å². The van der Waals surface area contributed by atoms with Crippen molar-refractivity contribution in [1.82, 2.24) is 0 Å². The topological polar surface area (TPSA) is 106 Å². The maximum Gasteiger partial charge on any atom is 0.342 e. The van der Waals surface area contributed by atoms with Crippen molar-refractivity contribution in [2.24, 2.45) is 0 Å². The number of aromatic carboxylic acids is 1. The second-order valence-corrected chi connectivity index (χ2v) is 4.61. The third kappa shape index (κ3) is 3.19. The van der Waals surface area contributed by atoms with Crippen LogP contribution in [0.15, 0.2) is 34.7 Å². The number of nitrogens with one attached hydrogen (secondary N) is 1. The van der Waals surface area contributed by atoms with Crippen LogP contribution in [0.1, 0.15) is 34.8 Å². The summed E-state index contributed by atoms with van der Waals surface area (Å²) in [7, 11) is 0. The fraction of sp³-hybridized carbons (Fsp3) is 0.214. The van der Waals surface area contributed by atoms with Crippen LogP contribution in [0.3, 0.4) is 0 Å². The zero-order chi connectivity index (χ0) is 15.6. The number of hydrogen-bond donors (Lipinski definition) is 2. The van der Waals surface area contributed by atoms with Gasteiger partial charge >= 0.3 is 5.97 Å². The van der Waals surface area contributed by atoms with Crippen LogP contribution in [-0.4, -0.2) is 16.0 Å². The van der Waals surface area contributed by atoms with E-state index in [-0.39, 0.29) is 11.6 Å². The molecule has 110 valence electrons. The van der Waals surface area contributed by atoms with Crippen LogP contribution in [0.4, 0.5) is 11.4 Å². The largest absolute Gasteiger partial charge is 0.477 e. The van der Waals surface area contributed by atoms with Crippen molar-refractivity contribution in [3.8, 4) is 0 Å². The molecule has 0 radical (unpaired) electrons. The highest BCUT2D eigenvalue weighted by molar-refractivity contribution is 5.93. The Labute approximate surface area is 120 Å². The Morgan fingerprint density at radius 1 is 1.38 bits per heavy atom. The minimum atomic E-state index is -1.34. The van der Waals surface area contributed by atoms with Crippen LogP contribution in [-0.2, 0) is 0 Å². The first-order valence-corrected chi connectivity index (χ1v) is 6.23. The molecule has 0 spiro atoms. The van der Waals surface area contributed by atoms with Gasteiger partial charge in [-0.15, -0.1) is 0 Å². The summed E-state index contributed by atoms with van der Waals surface area (Å²) in [6.45, 7) is 3.67. The summed E-state index contributed by atoms with van der Waals surface area (Å²) >= 11 is 0. The normalized spacial score (nSPS) is 11.9. The third-order valence-corrected chi connectivity index (χ3v) is 2.99. The van der Waals surface area contributed by atoms with Gasteiger partial charge in [0.15, 0.2) is 0 Å². The lowest BCUT2D eigenvalue weighted by molar-refractivity contribution is -0.385. The molecule has 2 rings (SSSR count). The predicted octanol–water partition coefficient (Wildman–Crippen LogP) is 3.37. The van der Waals surface area contributed by atoms with Gasteiger partial charge in [0.2, 0.25) is 0 Å². The first kappa shape index (κ1) is 14.6. The second-order valence-electron chi connectivity index (χ2n) is 4.61. The molecule has 7 heteroatoms. The molecule has 0 amide bonds. The minimum Gasteiger partial charge on any atom is -0.477 e. The molecule has 21 heavy (non-hydrogen) atoms. The number of hydrogen-bond acceptors (Lipinski definition) is 5. The number of furan rings is 1. The molecule has 0 fully saturated rings. The highest BCUT2D eigenvalue weighted by atomic mass is 16.6. The van der Waals surface area contributed by atoms with Crippen LogP contribution >= 0.6 is 0 Å². The summed E-state index contributed by atoms with van der Waals surface area (Å²) in [5.74, 6) is 0.128. The average Bonchev–Trinajstić information content (AvgIpc) is 2.85. The van der Waals surface area contributed by atoms with Gasteiger partial charge in [-0.05, 0) is 38.1 Å². The number of carboxylic acid groups (broad SMARTS) is 1. The molecule has 7 nitrogen and oxygen atoms in total. The highest BCUT2D eigenvalue weighted by Crippen LogP contribution is 2.26. The van der Waals surface area contributed by atoms with E-state index >= 15 is 0 Å². The molecule has 0 bridgehead atoms.